The molecule has 0 saturated heterocycles. The van der Waals surface area contributed by atoms with Gasteiger partial charge < -0.3 is 11.1 Å². The highest BCUT2D eigenvalue weighted by Crippen LogP contribution is 2.26. The minimum absolute atomic E-state index is 0.213. The lowest BCUT2D eigenvalue weighted by molar-refractivity contribution is 0.0967. The first-order valence-corrected chi connectivity index (χ1v) is 6.57. The summed E-state index contributed by atoms with van der Waals surface area (Å²) < 4.78 is 2.28. The van der Waals surface area contributed by atoms with E-state index in [0.717, 1.165) is 11.3 Å². The van der Waals surface area contributed by atoms with Gasteiger partial charge in [-0.1, -0.05) is 29.0 Å². The highest BCUT2D eigenvalue weighted by atomic mass is 32.1. The summed E-state index contributed by atoms with van der Waals surface area (Å²) in [5.41, 5.74) is 8.02. The van der Waals surface area contributed by atoms with Gasteiger partial charge in [-0.05, 0) is 31.3 Å². The monoisotopic (exact) mass is 279 g/mol. The van der Waals surface area contributed by atoms with Gasteiger partial charge in [0.1, 0.15) is 10.7 Å². The highest BCUT2D eigenvalue weighted by Gasteiger charge is 2.16. The number of amides is 1. The fraction of sp³-hybridized carbons (Fsp3) is 0.167. The average Bonchev–Trinajstić information content (AvgIpc) is 2.65. The largest absolute Gasteiger partial charge is 0.383 e. The van der Waals surface area contributed by atoms with Crippen LogP contribution in [0.2, 0.25) is 0 Å². The Morgan fingerprint density at radius 1 is 1.39 bits per heavy atom. The Bertz CT molecular complexity index is 640. The van der Waals surface area contributed by atoms with Crippen LogP contribution < -0.4 is 11.1 Å². The number of benzene rings is 1. The Hall–Kier alpha value is -1.66. The van der Waals surface area contributed by atoms with E-state index >= 15 is 0 Å². The Labute approximate surface area is 114 Å². The first kappa shape index (κ1) is 12.8. The zero-order valence-electron chi connectivity index (χ0n) is 10.1. The maximum atomic E-state index is 11.6. The Morgan fingerprint density at radius 3 is 2.56 bits per heavy atom. The Morgan fingerprint density at radius 2 is 2.00 bits per heavy atom. The van der Waals surface area contributed by atoms with Crippen LogP contribution in [-0.4, -0.2) is 17.5 Å². The summed E-state index contributed by atoms with van der Waals surface area (Å²) in [4.78, 5) is 12.1. The zero-order chi connectivity index (χ0) is 13.3. The van der Waals surface area contributed by atoms with Gasteiger partial charge in [0.05, 0.1) is 0 Å². The lowest BCUT2D eigenvalue weighted by Gasteiger charge is -2.06. The lowest BCUT2D eigenvalue weighted by Crippen LogP contribution is -2.18. The van der Waals surface area contributed by atoms with Crippen molar-refractivity contribution in [2.24, 2.45) is 0 Å². The number of nitrogen functional groups attached to an aromatic ring is 1. The molecule has 2 rings (SSSR count). The Balaban J connectivity index is 2.59. The van der Waals surface area contributed by atoms with E-state index in [9.17, 15) is 4.79 Å². The number of thiazole rings is 1. The average molecular weight is 279 g/mol. The summed E-state index contributed by atoms with van der Waals surface area (Å²) >= 11 is 6.48. The second-order valence-corrected chi connectivity index (χ2v) is 5.48. The number of carbonyl (C=O) groups is 1. The van der Waals surface area contributed by atoms with Crippen LogP contribution in [0.4, 0.5) is 5.82 Å². The minimum Gasteiger partial charge on any atom is -0.383 e. The van der Waals surface area contributed by atoms with Crippen molar-refractivity contribution in [1.29, 1.82) is 0 Å². The van der Waals surface area contributed by atoms with Gasteiger partial charge in [0.15, 0.2) is 3.95 Å². The second kappa shape index (κ2) is 4.91. The van der Waals surface area contributed by atoms with Gasteiger partial charge in [-0.15, -0.1) is 0 Å². The van der Waals surface area contributed by atoms with Gasteiger partial charge in [-0.3, -0.25) is 9.36 Å². The van der Waals surface area contributed by atoms with Crippen molar-refractivity contribution in [3.05, 3.63) is 38.7 Å². The topological polar surface area (TPSA) is 60.0 Å². The predicted molar refractivity (Wildman–Crippen MR) is 77.0 cm³/mol. The number of anilines is 1. The van der Waals surface area contributed by atoms with Crippen molar-refractivity contribution in [2.75, 3.05) is 12.8 Å². The van der Waals surface area contributed by atoms with Crippen molar-refractivity contribution in [1.82, 2.24) is 9.88 Å². The van der Waals surface area contributed by atoms with E-state index in [1.54, 1.807) is 11.6 Å². The van der Waals surface area contributed by atoms with E-state index in [2.05, 4.69) is 5.32 Å². The maximum Gasteiger partial charge on any atom is 0.264 e. The van der Waals surface area contributed by atoms with Crippen molar-refractivity contribution in [3.63, 3.8) is 0 Å². The smallest absolute Gasteiger partial charge is 0.264 e. The van der Waals surface area contributed by atoms with E-state index in [4.69, 9.17) is 18.0 Å². The molecule has 0 radical (unpaired) electrons. The van der Waals surface area contributed by atoms with Gasteiger partial charge >= 0.3 is 0 Å². The van der Waals surface area contributed by atoms with Gasteiger partial charge in [0, 0.05) is 12.7 Å². The van der Waals surface area contributed by atoms with Crippen LogP contribution >= 0.6 is 23.6 Å². The molecule has 4 nitrogen and oxygen atoms in total. The molecule has 3 N–H and O–H groups in total. The molecule has 18 heavy (non-hydrogen) atoms. The Kier molecular flexibility index (Phi) is 3.49. The molecular weight excluding hydrogens is 266 g/mol. The minimum atomic E-state index is -0.213. The molecule has 0 aliphatic carbocycles. The summed E-state index contributed by atoms with van der Waals surface area (Å²) in [6, 6.07) is 7.82. The number of aromatic nitrogens is 1. The molecule has 1 heterocycles. The van der Waals surface area contributed by atoms with Crippen molar-refractivity contribution in [3.8, 4) is 5.69 Å². The van der Waals surface area contributed by atoms with Crippen molar-refractivity contribution < 1.29 is 4.79 Å². The number of hydrogen-bond acceptors (Lipinski definition) is 4. The predicted octanol–water partition coefficient (Wildman–Crippen LogP) is 2.52. The fourth-order valence-electron chi connectivity index (χ4n) is 1.60. The number of hydrogen-bond donors (Lipinski definition) is 2. The second-order valence-electron chi connectivity index (χ2n) is 3.83. The SMILES string of the molecule is CNC(=O)c1sc(=S)n(-c2ccc(C)cc2)c1N. The first-order chi connectivity index (χ1) is 8.54. The molecule has 0 atom stereocenters. The summed E-state index contributed by atoms with van der Waals surface area (Å²) in [6.07, 6.45) is 0. The molecule has 94 valence electrons. The number of rotatable bonds is 2. The molecule has 0 aliphatic rings. The van der Waals surface area contributed by atoms with Gasteiger partial charge in [-0.2, -0.15) is 0 Å². The quantitative estimate of drug-likeness (QED) is 0.830. The molecule has 1 amide bonds. The lowest BCUT2D eigenvalue weighted by atomic mass is 10.2. The fourth-order valence-corrected chi connectivity index (χ4v) is 2.91. The summed E-state index contributed by atoms with van der Waals surface area (Å²) in [5, 5.41) is 2.56. The summed E-state index contributed by atoms with van der Waals surface area (Å²) in [6.45, 7) is 2.01. The van der Waals surface area contributed by atoms with Crippen LogP contribution in [0.1, 0.15) is 15.2 Å². The van der Waals surface area contributed by atoms with Crippen LogP contribution in [0, 0.1) is 10.9 Å². The third kappa shape index (κ3) is 2.16. The van der Waals surface area contributed by atoms with Crippen molar-refractivity contribution in [2.45, 2.75) is 6.92 Å². The van der Waals surface area contributed by atoms with Crippen molar-refractivity contribution >= 4 is 35.3 Å². The molecule has 0 unspecified atom stereocenters. The van der Waals surface area contributed by atoms with E-state index < -0.39 is 0 Å². The summed E-state index contributed by atoms with van der Waals surface area (Å²) in [7, 11) is 1.57. The molecule has 0 bridgehead atoms. The number of aryl methyl sites for hydroxylation is 1. The number of nitrogens with zero attached hydrogens (tertiary/aromatic N) is 1. The molecular formula is C12H13N3OS2. The maximum absolute atomic E-state index is 11.6. The van der Waals surface area contributed by atoms with Crippen LogP contribution in [0.15, 0.2) is 24.3 Å². The van der Waals surface area contributed by atoms with E-state index in [1.165, 1.54) is 11.3 Å². The highest BCUT2D eigenvalue weighted by molar-refractivity contribution is 7.73. The van der Waals surface area contributed by atoms with E-state index in [1.807, 2.05) is 31.2 Å². The molecule has 0 fully saturated rings. The van der Waals surface area contributed by atoms with Gasteiger partial charge in [0.2, 0.25) is 0 Å². The van der Waals surface area contributed by atoms with Crippen LogP contribution in [-0.2, 0) is 0 Å². The summed E-state index contributed by atoms with van der Waals surface area (Å²) in [5.74, 6) is 0.169. The van der Waals surface area contributed by atoms with Crippen LogP contribution in [0.5, 0.6) is 0 Å². The zero-order valence-corrected chi connectivity index (χ0v) is 11.7. The third-order valence-corrected chi connectivity index (χ3v) is 3.96. The molecule has 6 heteroatoms. The molecule has 1 aromatic heterocycles. The molecule has 1 aromatic carbocycles. The number of nitrogens with two attached hydrogens (primary N) is 1. The number of carbonyl (C=O) groups excluding carboxylic acids is 1. The standard InChI is InChI=1S/C12H13N3OS2/c1-7-3-5-8(6-4-7)15-10(13)9(11(16)14-2)18-12(15)17/h3-6H,13H2,1-2H3,(H,14,16). The molecule has 0 spiro atoms. The van der Waals surface area contributed by atoms with E-state index in [-0.39, 0.29) is 5.91 Å². The molecule has 0 aliphatic heterocycles. The molecule has 0 saturated carbocycles. The van der Waals surface area contributed by atoms with Crippen LogP contribution in [0.25, 0.3) is 5.69 Å². The third-order valence-electron chi connectivity index (χ3n) is 2.57. The van der Waals surface area contributed by atoms with Gasteiger partial charge in [0.25, 0.3) is 5.91 Å². The number of nitrogens with one attached hydrogen (secondary N) is 1. The first-order valence-electron chi connectivity index (χ1n) is 5.35. The molecule has 2 aromatic rings. The van der Waals surface area contributed by atoms with E-state index in [0.29, 0.717) is 14.6 Å². The normalized spacial score (nSPS) is 10.3. The van der Waals surface area contributed by atoms with Crippen LogP contribution in [0.3, 0.4) is 0 Å². The van der Waals surface area contributed by atoms with Gasteiger partial charge in [-0.25, -0.2) is 0 Å².